The molecule has 1 rings (SSSR count). The Hall–Kier alpha value is -4.98. The fourth-order valence-electron chi connectivity index (χ4n) is 5.68. The SMILES string of the molecule is O=[C]COCCOCCNC(=O)COCCOCCNC(=O)CC[C@H](NC(=O)CCCCCCCNC(=O)CC[C@H](NC(=O)CCCCCc1ccccc1)C(=O)O)C(=O)O. The molecule has 1 aromatic carbocycles. The van der Waals surface area contributed by atoms with Gasteiger partial charge in [0, 0.05) is 45.3 Å². The average Bonchev–Trinajstić information content (AvgIpc) is 3.23. The minimum atomic E-state index is -1.24. The van der Waals surface area contributed by atoms with Crippen molar-refractivity contribution in [2.24, 2.45) is 0 Å². The fraction of sp³-hybridized carbons (Fsp3) is 0.667. The van der Waals surface area contributed by atoms with Gasteiger partial charge in [0.2, 0.25) is 35.8 Å². The van der Waals surface area contributed by atoms with Crippen molar-refractivity contribution in [3.8, 4) is 0 Å². The van der Waals surface area contributed by atoms with E-state index >= 15 is 0 Å². The number of carboxylic acid groups (broad SMARTS) is 2. The van der Waals surface area contributed by atoms with Gasteiger partial charge in [-0.25, -0.2) is 9.59 Å². The van der Waals surface area contributed by atoms with E-state index < -0.39 is 35.8 Å². The standard InChI is InChI=1S/C42H66N5O14/c48-24-27-60-29-28-58-26-23-45-40(53)32-61-31-30-59-25-22-44-37(50)20-18-35(42(56)57)46-38(51)15-9-2-1-3-11-21-43-36(49)19-17-34(41(54)55)47-39(52)16-10-5-8-14-33-12-6-4-7-13-33/h4,6-7,12-13,34-35H,1-3,5,8-11,14-23,25-32H2,(H,43,49)(H,44,50)(H,45,53)(H,46,51)(H,47,52)(H,54,55)(H,56,57)/t34-,35-/m0/s1. The Morgan fingerprint density at radius 1 is 0.508 bits per heavy atom. The van der Waals surface area contributed by atoms with Crippen LogP contribution in [0.2, 0.25) is 0 Å². The number of unbranched alkanes of at least 4 members (excludes halogenated alkanes) is 6. The lowest BCUT2D eigenvalue weighted by molar-refractivity contribution is -0.142. The molecule has 61 heavy (non-hydrogen) atoms. The Kier molecular flexibility index (Phi) is 32.6. The summed E-state index contributed by atoms with van der Waals surface area (Å²) in [5.74, 6) is -4.21. The molecule has 19 heteroatoms. The molecule has 0 unspecified atom stereocenters. The number of carbonyl (C=O) groups excluding carboxylic acids is 6. The number of carbonyl (C=O) groups is 7. The Morgan fingerprint density at radius 3 is 1.54 bits per heavy atom. The van der Waals surface area contributed by atoms with Gasteiger partial charge in [0.05, 0.1) is 39.6 Å². The van der Waals surface area contributed by atoms with Gasteiger partial charge in [-0.3, -0.25) is 28.8 Å². The maximum absolute atomic E-state index is 12.4. The molecule has 1 radical (unpaired) electrons. The lowest BCUT2D eigenvalue weighted by Crippen LogP contribution is -2.41. The first-order valence-electron chi connectivity index (χ1n) is 21.1. The van der Waals surface area contributed by atoms with Gasteiger partial charge < -0.3 is 55.7 Å². The molecule has 0 saturated heterocycles. The molecule has 0 heterocycles. The molecule has 0 aliphatic heterocycles. The molecule has 1 aromatic rings. The average molecular weight is 865 g/mol. The molecule has 2 atom stereocenters. The summed E-state index contributed by atoms with van der Waals surface area (Å²) in [7, 11) is 0. The Balaban J connectivity index is 2.04. The molecule has 343 valence electrons. The van der Waals surface area contributed by atoms with E-state index in [1.54, 1.807) is 6.29 Å². The number of nitrogens with one attached hydrogen (secondary N) is 5. The van der Waals surface area contributed by atoms with E-state index in [0.717, 1.165) is 38.5 Å². The number of amides is 5. The van der Waals surface area contributed by atoms with Crippen LogP contribution < -0.4 is 26.6 Å². The molecule has 7 N–H and O–H groups in total. The zero-order valence-electron chi connectivity index (χ0n) is 35.2. The number of carboxylic acids is 2. The summed E-state index contributed by atoms with van der Waals surface area (Å²) in [5.41, 5.74) is 1.24. The monoisotopic (exact) mass is 864 g/mol. The van der Waals surface area contributed by atoms with Gasteiger partial charge in [-0.2, -0.15) is 0 Å². The molecule has 0 aliphatic carbocycles. The zero-order chi connectivity index (χ0) is 44.8. The number of benzene rings is 1. The first-order chi connectivity index (χ1) is 29.5. The van der Waals surface area contributed by atoms with Crippen molar-refractivity contribution in [1.29, 1.82) is 0 Å². The van der Waals surface area contributed by atoms with Gasteiger partial charge in [-0.05, 0) is 50.5 Å². The predicted octanol–water partition coefficient (Wildman–Crippen LogP) is 1.35. The third-order valence-corrected chi connectivity index (χ3v) is 8.98. The topological polar surface area (TPSA) is 274 Å². The second-order valence-electron chi connectivity index (χ2n) is 14.1. The van der Waals surface area contributed by atoms with Crippen LogP contribution in [-0.2, 0) is 63.7 Å². The van der Waals surface area contributed by atoms with Crippen LogP contribution in [-0.4, -0.2) is 143 Å². The van der Waals surface area contributed by atoms with E-state index in [1.165, 1.54) is 5.56 Å². The number of rotatable bonds is 40. The van der Waals surface area contributed by atoms with Crippen LogP contribution in [0, 0.1) is 0 Å². The summed E-state index contributed by atoms with van der Waals surface area (Å²) in [5, 5.41) is 32.0. The number of hydrogen-bond donors (Lipinski definition) is 7. The largest absolute Gasteiger partial charge is 0.480 e. The van der Waals surface area contributed by atoms with Gasteiger partial charge in [-0.1, -0.05) is 56.0 Å². The summed E-state index contributed by atoms with van der Waals surface area (Å²) in [6, 6.07) is 7.70. The van der Waals surface area contributed by atoms with Crippen molar-refractivity contribution in [2.75, 3.05) is 72.5 Å². The smallest absolute Gasteiger partial charge is 0.326 e. The molecular weight excluding hydrogens is 798 g/mol. The predicted molar refractivity (Wildman–Crippen MR) is 222 cm³/mol. The van der Waals surface area contributed by atoms with Gasteiger partial charge in [0.15, 0.2) is 0 Å². The first kappa shape index (κ1) is 54.0. The lowest BCUT2D eigenvalue weighted by Gasteiger charge is -2.15. The maximum Gasteiger partial charge on any atom is 0.326 e. The van der Waals surface area contributed by atoms with Gasteiger partial charge in [0.25, 0.3) is 0 Å². The number of aryl methyl sites for hydroxylation is 1. The van der Waals surface area contributed by atoms with Crippen molar-refractivity contribution in [1.82, 2.24) is 26.6 Å². The van der Waals surface area contributed by atoms with Crippen LogP contribution in [0.1, 0.15) is 95.5 Å². The van der Waals surface area contributed by atoms with E-state index in [1.807, 2.05) is 18.2 Å². The first-order valence-corrected chi connectivity index (χ1v) is 21.1. The van der Waals surface area contributed by atoms with Gasteiger partial charge in [-0.15, -0.1) is 0 Å². The summed E-state index contributed by atoms with van der Waals surface area (Å²) in [6.45, 7) is 1.95. The highest BCUT2D eigenvalue weighted by Crippen LogP contribution is 2.09. The molecule has 0 bridgehead atoms. The minimum absolute atomic E-state index is 0.0135. The van der Waals surface area contributed by atoms with Crippen LogP contribution in [0.3, 0.4) is 0 Å². The second kappa shape index (κ2) is 36.8. The molecule has 19 nitrogen and oxygen atoms in total. The van der Waals surface area contributed by atoms with Gasteiger partial charge in [0.1, 0.15) is 25.3 Å². The van der Waals surface area contributed by atoms with Gasteiger partial charge >= 0.3 is 11.9 Å². The Labute approximate surface area is 358 Å². The highest BCUT2D eigenvalue weighted by atomic mass is 16.5. The molecule has 0 aromatic heterocycles. The fourth-order valence-corrected chi connectivity index (χ4v) is 5.68. The van der Waals surface area contributed by atoms with E-state index in [9.17, 15) is 48.6 Å². The van der Waals surface area contributed by atoms with Crippen LogP contribution >= 0.6 is 0 Å². The van der Waals surface area contributed by atoms with Crippen LogP contribution in [0.25, 0.3) is 0 Å². The highest BCUT2D eigenvalue weighted by Gasteiger charge is 2.22. The summed E-state index contributed by atoms with van der Waals surface area (Å²) >= 11 is 0. The number of ether oxygens (including phenoxy) is 4. The molecule has 0 fully saturated rings. The van der Waals surface area contributed by atoms with Crippen molar-refractivity contribution in [2.45, 2.75) is 108 Å². The quantitative estimate of drug-likeness (QED) is 0.0459. The maximum atomic E-state index is 12.4. The van der Waals surface area contributed by atoms with Crippen LogP contribution in [0.15, 0.2) is 30.3 Å². The Morgan fingerprint density at radius 2 is 0.984 bits per heavy atom. The molecule has 0 saturated carbocycles. The van der Waals surface area contributed by atoms with Crippen molar-refractivity contribution < 1.29 is 67.5 Å². The second-order valence-corrected chi connectivity index (χ2v) is 14.1. The van der Waals surface area contributed by atoms with E-state index in [2.05, 4.69) is 38.7 Å². The summed E-state index contributed by atoms with van der Waals surface area (Å²) < 4.78 is 20.7. The van der Waals surface area contributed by atoms with Crippen molar-refractivity contribution in [3.63, 3.8) is 0 Å². The number of aliphatic carboxylic acids is 2. The zero-order valence-corrected chi connectivity index (χ0v) is 35.2. The minimum Gasteiger partial charge on any atom is -0.480 e. The third-order valence-electron chi connectivity index (χ3n) is 8.98. The molecular formula is C42H66N5O14. The van der Waals surface area contributed by atoms with E-state index in [-0.39, 0.29) is 122 Å². The van der Waals surface area contributed by atoms with Crippen LogP contribution in [0.4, 0.5) is 0 Å². The summed E-state index contributed by atoms with van der Waals surface area (Å²) in [4.78, 5) is 94.1. The van der Waals surface area contributed by atoms with Crippen LogP contribution in [0.5, 0.6) is 0 Å². The van der Waals surface area contributed by atoms with Crippen molar-refractivity contribution in [3.05, 3.63) is 35.9 Å². The number of hydrogen-bond acceptors (Lipinski definition) is 12. The molecule has 0 spiro atoms. The van der Waals surface area contributed by atoms with E-state index in [0.29, 0.717) is 25.8 Å². The highest BCUT2D eigenvalue weighted by molar-refractivity contribution is 5.85. The van der Waals surface area contributed by atoms with E-state index in [4.69, 9.17) is 18.9 Å². The lowest BCUT2D eigenvalue weighted by atomic mass is 10.1. The Bertz CT molecular complexity index is 1420. The summed E-state index contributed by atoms with van der Waals surface area (Å²) in [6.07, 6.45) is 8.58. The molecule has 5 amide bonds. The third kappa shape index (κ3) is 32.5. The van der Waals surface area contributed by atoms with Crippen molar-refractivity contribution >= 4 is 47.8 Å². The normalized spacial score (nSPS) is 11.8. The molecule has 0 aliphatic rings.